The van der Waals surface area contributed by atoms with Gasteiger partial charge in [-0.1, -0.05) is 12.5 Å². The van der Waals surface area contributed by atoms with Crippen LogP contribution in [0.15, 0.2) is 24.4 Å². The van der Waals surface area contributed by atoms with E-state index in [1.807, 2.05) is 12.1 Å². The quantitative estimate of drug-likeness (QED) is 0.930. The Balaban J connectivity index is 1.31. The van der Waals surface area contributed by atoms with Gasteiger partial charge in [-0.05, 0) is 49.1 Å². The molecule has 0 unspecified atom stereocenters. The molecule has 2 heterocycles. The zero-order chi connectivity index (χ0) is 13.8. The number of rotatable bonds is 3. The van der Waals surface area contributed by atoms with Gasteiger partial charge < -0.3 is 5.32 Å². The standard InChI is InChI=1S/C17H22N4/c1-2-7-21-16(6-1)19-20-17(21)10-18-15-9-11-8-14(15)13-5-3-4-12(11)13/h1-2,6-7,11-15,18H,3-5,8-10H2/p+1/t11-,12-,13+,14-,15+/m1/s1. The van der Waals surface area contributed by atoms with Gasteiger partial charge in [0.15, 0.2) is 11.5 Å². The number of fused-ring (bicyclic) bond motifs is 6. The van der Waals surface area contributed by atoms with Gasteiger partial charge in [0.2, 0.25) is 0 Å². The zero-order valence-electron chi connectivity index (χ0n) is 12.4. The Hall–Kier alpha value is -1.42. The second-order valence-electron chi connectivity index (χ2n) is 7.30. The van der Waals surface area contributed by atoms with Crippen molar-refractivity contribution >= 4 is 5.65 Å². The van der Waals surface area contributed by atoms with Crippen LogP contribution in [0.5, 0.6) is 0 Å². The fourth-order valence-electron chi connectivity index (χ4n) is 5.68. The second-order valence-corrected chi connectivity index (χ2v) is 7.30. The van der Waals surface area contributed by atoms with E-state index in [9.17, 15) is 0 Å². The van der Waals surface area contributed by atoms with Crippen LogP contribution in [0.4, 0.5) is 0 Å². The Morgan fingerprint density at radius 3 is 3.05 bits per heavy atom. The number of pyridine rings is 1. The van der Waals surface area contributed by atoms with Crippen molar-refractivity contribution in [3.8, 4) is 0 Å². The minimum atomic E-state index is 0.838. The average molecular weight is 283 g/mol. The summed E-state index contributed by atoms with van der Waals surface area (Å²) in [6.07, 6.45) is 9.55. The van der Waals surface area contributed by atoms with Crippen LogP contribution in [0.3, 0.4) is 0 Å². The normalized spacial score (nSPS) is 37.4. The maximum absolute atomic E-state index is 4.37. The molecule has 2 aromatic heterocycles. The van der Waals surface area contributed by atoms with E-state index in [1.54, 1.807) is 0 Å². The fraction of sp³-hybridized carbons (Fsp3) is 0.647. The van der Waals surface area contributed by atoms with E-state index < -0.39 is 0 Å². The predicted octanol–water partition coefficient (Wildman–Crippen LogP) is 1.62. The van der Waals surface area contributed by atoms with Crippen molar-refractivity contribution in [3.05, 3.63) is 30.2 Å². The summed E-state index contributed by atoms with van der Waals surface area (Å²) in [5.74, 6) is 5.27. The molecule has 5 rings (SSSR count). The number of nitrogens with two attached hydrogens (primary N) is 1. The van der Waals surface area contributed by atoms with Crippen LogP contribution < -0.4 is 5.32 Å². The molecule has 2 bridgehead atoms. The van der Waals surface area contributed by atoms with E-state index in [0.717, 1.165) is 47.7 Å². The summed E-state index contributed by atoms with van der Waals surface area (Å²) in [6.45, 7) is 0.969. The Morgan fingerprint density at radius 2 is 2.05 bits per heavy atom. The van der Waals surface area contributed by atoms with Gasteiger partial charge in [-0.15, -0.1) is 10.2 Å². The summed E-state index contributed by atoms with van der Waals surface area (Å²) in [7, 11) is 0. The molecule has 4 heteroatoms. The summed E-state index contributed by atoms with van der Waals surface area (Å²) in [5, 5.41) is 11.2. The highest BCUT2D eigenvalue weighted by Crippen LogP contribution is 2.57. The predicted molar refractivity (Wildman–Crippen MR) is 79.4 cm³/mol. The van der Waals surface area contributed by atoms with Crippen LogP contribution in [0.1, 0.15) is 37.9 Å². The van der Waals surface area contributed by atoms with Crippen LogP contribution in [-0.4, -0.2) is 20.6 Å². The second kappa shape index (κ2) is 4.54. The van der Waals surface area contributed by atoms with Gasteiger partial charge in [0, 0.05) is 18.5 Å². The number of hydrogen-bond acceptors (Lipinski definition) is 2. The Kier molecular flexibility index (Phi) is 2.63. The lowest BCUT2D eigenvalue weighted by atomic mass is 9.79. The number of quaternary nitrogens is 1. The molecule has 0 spiro atoms. The van der Waals surface area contributed by atoms with Crippen molar-refractivity contribution in [2.45, 2.75) is 44.7 Å². The SMILES string of the molecule is c1ccn2c(C[NH2+][C@H]3C[C@H]4C[C@@H]3[C@H]3CCC[C@H]43)nnc2c1. The maximum Gasteiger partial charge on any atom is 0.192 e. The third kappa shape index (κ3) is 1.78. The molecule has 0 saturated heterocycles. The molecule has 0 aliphatic heterocycles. The van der Waals surface area contributed by atoms with Crippen LogP contribution in [0.25, 0.3) is 5.65 Å². The third-order valence-electron chi connectivity index (χ3n) is 6.47. The molecule has 4 nitrogen and oxygen atoms in total. The minimum absolute atomic E-state index is 0.838. The monoisotopic (exact) mass is 283 g/mol. The molecule has 21 heavy (non-hydrogen) atoms. The van der Waals surface area contributed by atoms with Crippen molar-refractivity contribution in [3.63, 3.8) is 0 Å². The molecule has 2 aromatic rings. The lowest BCUT2D eigenvalue weighted by Gasteiger charge is -2.29. The van der Waals surface area contributed by atoms with E-state index >= 15 is 0 Å². The van der Waals surface area contributed by atoms with Gasteiger partial charge in [0.05, 0.1) is 6.04 Å². The van der Waals surface area contributed by atoms with Crippen LogP contribution in [-0.2, 0) is 6.54 Å². The average Bonchev–Trinajstić information content (AvgIpc) is 3.25. The summed E-state index contributed by atoms with van der Waals surface area (Å²) in [6, 6.07) is 6.94. The van der Waals surface area contributed by atoms with Crippen molar-refractivity contribution in [2.75, 3.05) is 0 Å². The van der Waals surface area contributed by atoms with Crippen molar-refractivity contribution in [1.29, 1.82) is 0 Å². The van der Waals surface area contributed by atoms with Gasteiger partial charge in [0.25, 0.3) is 0 Å². The molecule has 0 radical (unpaired) electrons. The van der Waals surface area contributed by atoms with Gasteiger partial charge in [0.1, 0.15) is 6.54 Å². The zero-order valence-corrected chi connectivity index (χ0v) is 12.4. The first-order chi connectivity index (χ1) is 10.4. The molecule has 110 valence electrons. The van der Waals surface area contributed by atoms with E-state index in [2.05, 4.69) is 32.2 Å². The molecule has 3 saturated carbocycles. The number of aromatic nitrogens is 3. The molecule has 2 N–H and O–H groups in total. The highest BCUT2D eigenvalue weighted by Gasteiger charge is 2.55. The van der Waals surface area contributed by atoms with E-state index in [-0.39, 0.29) is 0 Å². The Morgan fingerprint density at radius 1 is 1.10 bits per heavy atom. The first-order valence-corrected chi connectivity index (χ1v) is 8.52. The first kappa shape index (κ1) is 12.2. The third-order valence-corrected chi connectivity index (χ3v) is 6.47. The highest BCUT2D eigenvalue weighted by molar-refractivity contribution is 5.36. The molecular weight excluding hydrogens is 260 g/mol. The van der Waals surface area contributed by atoms with Crippen molar-refractivity contribution in [1.82, 2.24) is 14.6 Å². The Labute approximate surface area is 125 Å². The van der Waals surface area contributed by atoms with E-state index in [4.69, 9.17) is 0 Å². The summed E-state index contributed by atoms with van der Waals surface area (Å²) in [4.78, 5) is 0. The first-order valence-electron chi connectivity index (χ1n) is 8.52. The molecule has 0 amide bonds. The van der Waals surface area contributed by atoms with Crippen LogP contribution >= 0.6 is 0 Å². The van der Waals surface area contributed by atoms with E-state index in [1.165, 1.54) is 32.1 Å². The molecule has 0 aromatic carbocycles. The summed E-state index contributed by atoms with van der Waals surface area (Å²) < 4.78 is 2.13. The lowest BCUT2D eigenvalue weighted by Crippen LogP contribution is -2.90. The van der Waals surface area contributed by atoms with Crippen LogP contribution in [0.2, 0.25) is 0 Å². The molecule has 3 fully saturated rings. The highest BCUT2D eigenvalue weighted by atomic mass is 15.3. The van der Waals surface area contributed by atoms with E-state index in [0.29, 0.717) is 0 Å². The molecule has 5 atom stereocenters. The lowest BCUT2D eigenvalue weighted by molar-refractivity contribution is -0.712. The summed E-state index contributed by atoms with van der Waals surface area (Å²) >= 11 is 0. The Bertz CT molecular complexity index is 664. The summed E-state index contributed by atoms with van der Waals surface area (Å²) in [5.41, 5.74) is 0.963. The smallest absolute Gasteiger partial charge is 0.192 e. The minimum Gasteiger partial charge on any atom is -0.337 e. The van der Waals surface area contributed by atoms with Gasteiger partial charge in [-0.2, -0.15) is 0 Å². The van der Waals surface area contributed by atoms with Crippen LogP contribution in [0, 0.1) is 23.7 Å². The van der Waals surface area contributed by atoms with Crippen molar-refractivity contribution in [2.24, 2.45) is 23.7 Å². The van der Waals surface area contributed by atoms with Gasteiger partial charge in [-0.25, -0.2) is 0 Å². The number of hydrogen-bond donors (Lipinski definition) is 1. The van der Waals surface area contributed by atoms with Crippen molar-refractivity contribution < 1.29 is 5.32 Å². The van der Waals surface area contributed by atoms with Gasteiger partial charge >= 0.3 is 0 Å². The van der Waals surface area contributed by atoms with Gasteiger partial charge in [-0.3, -0.25) is 4.40 Å². The number of nitrogens with zero attached hydrogens (tertiary/aromatic N) is 3. The maximum atomic E-state index is 4.37. The fourth-order valence-corrected chi connectivity index (χ4v) is 5.68. The molecular formula is C17H23N4+. The molecule has 3 aliphatic carbocycles. The largest absolute Gasteiger partial charge is 0.337 e. The topological polar surface area (TPSA) is 46.8 Å². The molecule has 3 aliphatic rings.